The van der Waals surface area contributed by atoms with Crippen LogP contribution in [0, 0.1) is 0 Å². The van der Waals surface area contributed by atoms with E-state index in [0.29, 0.717) is 19.2 Å². The maximum atomic E-state index is 10.7. The third-order valence-corrected chi connectivity index (χ3v) is 5.48. The molecule has 3 N–H and O–H groups in total. The molecule has 0 bridgehead atoms. The number of benzene rings is 2. The molecule has 0 unspecified atom stereocenters. The van der Waals surface area contributed by atoms with E-state index < -0.39 is 6.10 Å². The van der Waals surface area contributed by atoms with Crippen molar-refractivity contribution in [2.75, 3.05) is 26.8 Å². The van der Waals surface area contributed by atoms with Gasteiger partial charge in [0.2, 0.25) is 0 Å². The van der Waals surface area contributed by atoms with Crippen molar-refractivity contribution in [1.29, 1.82) is 0 Å². The highest BCUT2D eigenvalue weighted by atomic mass is 16.5. The Balaban J connectivity index is 1.52. The van der Waals surface area contributed by atoms with Gasteiger partial charge >= 0.3 is 0 Å². The predicted molar refractivity (Wildman–Crippen MR) is 111 cm³/mol. The number of ether oxygens (including phenoxy) is 2. The summed E-state index contributed by atoms with van der Waals surface area (Å²) in [6.07, 6.45) is 2.21. The second-order valence-corrected chi connectivity index (χ2v) is 7.48. The summed E-state index contributed by atoms with van der Waals surface area (Å²) >= 11 is 0. The maximum Gasteiger partial charge on any atom is 0.121 e. The molecular weight excluding hydrogens is 352 g/mol. The second kappa shape index (κ2) is 8.78. The first kappa shape index (κ1) is 19.0. The van der Waals surface area contributed by atoms with Gasteiger partial charge in [0, 0.05) is 23.2 Å². The van der Waals surface area contributed by atoms with Gasteiger partial charge in [-0.2, -0.15) is 0 Å². The smallest absolute Gasteiger partial charge is 0.121 e. The number of aromatic nitrogens is 1. The lowest BCUT2D eigenvalue weighted by Gasteiger charge is -2.16. The van der Waals surface area contributed by atoms with Crippen molar-refractivity contribution in [2.24, 2.45) is 0 Å². The van der Waals surface area contributed by atoms with Gasteiger partial charge in [-0.05, 0) is 54.8 Å². The molecule has 4 rings (SSSR count). The van der Waals surface area contributed by atoms with Gasteiger partial charge < -0.3 is 24.5 Å². The lowest BCUT2D eigenvalue weighted by molar-refractivity contribution is -0.666. The fraction of sp³-hybridized carbons (Fsp3) is 0.391. The number of quaternary nitrogens is 1. The number of aliphatic hydroxyl groups excluding tert-OH is 1. The Kier molecular flexibility index (Phi) is 5.95. The minimum Gasteiger partial charge on any atom is -0.497 e. The van der Waals surface area contributed by atoms with Crippen molar-refractivity contribution in [3.05, 3.63) is 54.6 Å². The van der Waals surface area contributed by atoms with Gasteiger partial charge in [0.05, 0.1) is 13.7 Å². The summed E-state index contributed by atoms with van der Waals surface area (Å²) in [5, 5.41) is 14.1. The second-order valence-electron chi connectivity index (χ2n) is 7.48. The number of aliphatic hydroxyl groups is 1. The number of hydrogen-bond donors (Lipinski definition) is 2. The van der Waals surface area contributed by atoms with Crippen molar-refractivity contribution >= 4 is 10.9 Å². The van der Waals surface area contributed by atoms with Gasteiger partial charge in [0.15, 0.2) is 0 Å². The number of nitrogens with two attached hydrogens (primary N) is 1. The van der Waals surface area contributed by atoms with Gasteiger partial charge in [-0.15, -0.1) is 0 Å². The normalized spacial score (nSPS) is 17.9. The van der Waals surface area contributed by atoms with Gasteiger partial charge in [-0.25, -0.2) is 0 Å². The quantitative estimate of drug-likeness (QED) is 0.630. The molecule has 0 spiro atoms. The summed E-state index contributed by atoms with van der Waals surface area (Å²) in [4.78, 5) is 0. The van der Waals surface area contributed by atoms with Crippen LogP contribution in [0.15, 0.2) is 54.6 Å². The van der Waals surface area contributed by atoms with Crippen molar-refractivity contribution in [1.82, 2.24) is 4.57 Å². The summed E-state index contributed by atoms with van der Waals surface area (Å²) in [6.45, 7) is 3.04. The molecule has 1 saturated heterocycles. The van der Waals surface area contributed by atoms with Crippen molar-refractivity contribution in [2.45, 2.75) is 31.6 Å². The summed E-state index contributed by atoms with van der Waals surface area (Å²) in [7, 11) is 1.68. The molecule has 28 heavy (non-hydrogen) atoms. The van der Waals surface area contributed by atoms with Crippen LogP contribution >= 0.6 is 0 Å². The molecular formula is C23H29N2O3+. The fourth-order valence-corrected chi connectivity index (χ4v) is 4.00. The molecule has 1 aromatic heterocycles. The van der Waals surface area contributed by atoms with Crippen molar-refractivity contribution in [3.8, 4) is 17.0 Å². The van der Waals surface area contributed by atoms with Crippen LogP contribution in [-0.2, 0) is 11.3 Å². The predicted octanol–water partition coefficient (Wildman–Crippen LogP) is 2.42. The lowest BCUT2D eigenvalue weighted by atomic mass is 10.1. The van der Waals surface area contributed by atoms with E-state index in [9.17, 15) is 5.11 Å². The Hall–Kier alpha value is -2.34. The van der Waals surface area contributed by atoms with E-state index in [-0.39, 0.29) is 0 Å². The average Bonchev–Trinajstić information content (AvgIpc) is 3.36. The molecule has 3 aromatic rings. The van der Waals surface area contributed by atoms with Crippen LogP contribution in [0.5, 0.6) is 5.75 Å². The molecule has 5 heteroatoms. The van der Waals surface area contributed by atoms with Gasteiger partial charge in [0.1, 0.15) is 31.0 Å². The van der Waals surface area contributed by atoms with Gasteiger partial charge in [0.25, 0.3) is 0 Å². The van der Waals surface area contributed by atoms with Crippen LogP contribution in [0.25, 0.3) is 22.2 Å². The van der Waals surface area contributed by atoms with Crippen LogP contribution in [0.1, 0.15) is 12.8 Å². The zero-order chi connectivity index (χ0) is 19.3. The molecule has 1 fully saturated rings. The number of rotatable bonds is 8. The summed E-state index contributed by atoms with van der Waals surface area (Å²) in [5.41, 5.74) is 3.38. The zero-order valence-electron chi connectivity index (χ0n) is 16.4. The van der Waals surface area contributed by atoms with Crippen LogP contribution in [0.2, 0.25) is 0 Å². The lowest BCUT2D eigenvalue weighted by Crippen LogP contribution is -2.88. The van der Waals surface area contributed by atoms with E-state index in [1.165, 1.54) is 5.39 Å². The molecule has 0 radical (unpaired) electrons. The van der Waals surface area contributed by atoms with E-state index in [1.54, 1.807) is 7.11 Å². The molecule has 0 saturated carbocycles. The third-order valence-electron chi connectivity index (χ3n) is 5.48. The first-order valence-corrected chi connectivity index (χ1v) is 10.1. The van der Waals surface area contributed by atoms with Crippen LogP contribution in [-0.4, -0.2) is 48.7 Å². The molecule has 0 aliphatic carbocycles. The van der Waals surface area contributed by atoms with E-state index in [1.807, 2.05) is 18.2 Å². The molecule has 0 amide bonds. The summed E-state index contributed by atoms with van der Waals surface area (Å²) in [5.74, 6) is 0.843. The zero-order valence-corrected chi connectivity index (χ0v) is 16.4. The molecule has 2 atom stereocenters. The van der Waals surface area contributed by atoms with Gasteiger partial charge in [-0.1, -0.05) is 18.2 Å². The minimum absolute atomic E-state index is 0.342. The fourth-order valence-electron chi connectivity index (χ4n) is 4.00. The largest absolute Gasteiger partial charge is 0.497 e. The summed E-state index contributed by atoms with van der Waals surface area (Å²) in [6, 6.07) is 18.6. The molecule has 148 valence electrons. The summed E-state index contributed by atoms with van der Waals surface area (Å²) < 4.78 is 13.2. The number of methoxy groups -OCH3 is 1. The van der Waals surface area contributed by atoms with E-state index in [4.69, 9.17) is 9.47 Å². The van der Waals surface area contributed by atoms with E-state index in [2.05, 4.69) is 46.3 Å². The highest BCUT2D eigenvalue weighted by Gasteiger charge is 2.19. The molecule has 2 aromatic carbocycles. The van der Waals surface area contributed by atoms with Crippen LogP contribution in [0.3, 0.4) is 0 Å². The Morgan fingerprint density at radius 1 is 1.21 bits per heavy atom. The van der Waals surface area contributed by atoms with E-state index in [0.717, 1.165) is 48.5 Å². The minimum atomic E-state index is -0.422. The molecule has 2 heterocycles. The highest BCUT2D eigenvalue weighted by molar-refractivity contribution is 5.87. The third kappa shape index (κ3) is 4.22. The molecule has 5 nitrogen and oxygen atoms in total. The first-order chi connectivity index (χ1) is 13.7. The van der Waals surface area contributed by atoms with Crippen LogP contribution < -0.4 is 10.1 Å². The Morgan fingerprint density at radius 3 is 2.79 bits per heavy atom. The Morgan fingerprint density at radius 2 is 2.04 bits per heavy atom. The monoisotopic (exact) mass is 381 g/mol. The SMILES string of the molecule is COc1ccc(-c2cc3ccccc3n2C[C@H](O)C[NH2+]C[C@H]2CCCO2)cc1. The van der Waals surface area contributed by atoms with E-state index >= 15 is 0 Å². The average molecular weight is 381 g/mol. The van der Waals surface area contributed by atoms with Crippen LogP contribution in [0.4, 0.5) is 0 Å². The maximum absolute atomic E-state index is 10.7. The standard InChI is InChI=1S/C23H28N2O3/c1-27-20-10-8-17(9-11-20)23-13-18-5-2-3-7-22(18)25(23)16-19(26)14-24-15-21-6-4-12-28-21/h2-3,5,7-11,13,19,21,24,26H,4,6,12,14-16H2,1H3/p+1/t19-,21-/m1/s1. The number of fused-ring (bicyclic) bond motifs is 1. The first-order valence-electron chi connectivity index (χ1n) is 10.1. The highest BCUT2D eigenvalue weighted by Crippen LogP contribution is 2.29. The Bertz CT molecular complexity index is 898. The number of para-hydroxylation sites is 1. The molecule has 1 aliphatic heterocycles. The van der Waals surface area contributed by atoms with Crippen molar-refractivity contribution < 1.29 is 19.9 Å². The number of hydrogen-bond acceptors (Lipinski definition) is 3. The number of nitrogens with zero attached hydrogens (tertiary/aromatic N) is 1. The van der Waals surface area contributed by atoms with Gasteiger partial charge in [-0.3, -0.25) is 0 Å². The van der Waals surface area contributed by atoms with Crippen molar-refractivity contribution in [3.63, 3.8) is 0 Å². The topological polar surface area (TPSA) is 60.2 Å². The molecule has 1 aliphatic rings. The Labute approximate surface area is 165 Å².